The molecule has 4 rings (SSSR count). The number of rotatable bonds is 3. The lowest BCUT2D eigenvalue weighted by molar-refractivity contribution is 0.240. The Hall–Kier alpha value is -2.40. The molecule has 0 bridgehead atoms. The normalized spacial score (nSPS) is 15.0. The van der Waals surface area contributed by atoms with E-state index in [4.69, 9.17) is 4.98 Å². The maximum atomic E-state index is 12.3. The molecule has 3 aromatic rings. The molecule has 2 N–H and O–H groups in total. The van der Waals surface area contributed by atoms with Crippen LogP contribution in [0.4, 0.5) is 0 Å². The van der Waals surface area contributed by atoms with Crippen molar-refractivity contribution in [1.29, 1.82) is 0 Å². The van der Waals surface area contributed by atoms with E-state index in [2.05, 4.69) is 60.0 Å². The third kappa shape index (κ3) is 3.00. The average molecular weight is 336 g/mol. The number of hydrogen-bond acceptors (Lipinski definition) is 3. The summed E-state index contributed by atoms with van der Waals surface area (Å²) in [5.74, 6) is 1.01. The zero-order valence-corrected chi connectivity index (χ0v) is 15.0. The number of hydrogen-bond donors (Lipinski definition) is 2. The van der Waals surface area contributed by atoms with Crippen molar-refractivity contribution >= 4 is 10.9 Å². The fraction of sp³-hybridized carbons (Fsp3) is 0.400. The third-order valence-corrected chi connectivity index (χ3v) is 5.03. The summed E-state index contributed by atoms with van der Waals surface area (Å²) >= 11 is 0. The summed E-state index contributed by atoms with van der Waals surface area (Å²) in [4.78, 5) is 25.7. The summed E-state index contributed by atoms with van der Waals surface area (Å²) in [6.07, 6.45) is 2.86. The van der Waals surface area contributed by atoms with Crippen molar-refractivity contribution in [2.24, 2.45) is 0 Å². The molecule has 5 heteroatoms. The lowest BCUT2D eigenvalue weighted by Crippen LogP contribution is -2.35. The summed E-state index contributed by atoms with van der Waals surface area (Å²) < 4.78 is 0. The van der Waals surface area contributed by atoms with E-state index >= 15 is 0 Å². The van der Waals surface area contributed by atoms with Gasteiger partial charge in [0.2, 0.25) is 0 Å². The zero-order valence-electron chi connectivity index (χ0n) is 15.0. The quantitative estimate of drug-likeness (QED) is 0.772. The Bertz CT molecular complexity index is 983. The Morgan fingerprint density at radius 2 is 2.16 bits per heavy atom. The molecule has 130 valence electrons. The summed E-state index contributed by atoms with van der Waals surface area (Å²) in [6.45, 7) is 8.72. The van der Waals surface area contributed by atoms with Crippen LogP contribution in [-0.4, -0.2) is 26.4 Å². The molecule has 0 radical (unpaired) electrons. The second-order valence-electron chi connectivity index (χ2n) is 7.35. The zero-order chi connectivity index (χ0) is 17.6. The van der Waals surface area contributed by atoms with Crippen LogP contribution < -0.4 is 5.56 Å². The minimum Gasteiger partial charge on any atom is -0.361 e. The largest absolute Gasteiger partial charge is 0.361 e. The van der Waals surface area contributed by atoms with Crippen LogP contribution in [0, 0.1) is 6.92 Å². The molecule has 1 aliphatic rings. The second-order valence-corrected chi connectivity index (χ2v) is 7.35. The van der Waals surface area contributed by atoms with E-state index in [1.807, 2.05) is 0 Å². The molecule has 0 fully saturated rings. The minimum atomic E-state index is 0.0380. The smallest absolute Gasteiger partial charge is 0.254 e. The monoisotopic (exact) mass is 336 g/mol. The molecular formula is C20H24N4O. The van der Waals surface area contributed by atoms with Gasteiger partial charge in [-0.2, -0.15) is 0 Å². The van der Waals surface area contributed by atoms with Crippen molar-refractivity contribution in [2.45, 2.75) is 46.2 Å². The first-order valence-corrected chi connectivity index (χ1v) is 8.92. The number of aromatic amines is 2. The fourth-order valence-electron chi connectivity index (χ4n) is 3.59. The van der Waals surface area contributed by atoms with E-state index in [1.54, 1.807) is 0 Å². The Kier molecular flexibility index (Phi) is 3.96. The van der Waals surface area contributed by atoms with E-state index in [0.29, 0.717) is 0 Å². The van der Waals surface area contributed by atoms with Gasteiger partial charge >= 0.3 is 0 Å². The number of nitrogens with one attached hydrogen (secondary N) is 2. The van der Waals surface area contributed by atoms with Crippen molar-refractivity contribution in [3.05, 3.63) is 63.0 Å². The van der Waals surface area contributed by atoms with Crippen molar-refractivity contribution in [1.82, 2.24) is 19.9 Å². The molecule has 0 spiro atoms. The van der Waals surface area contributed by atoms with Crippen LogP contribution in [0.5, 0.6) is 0 Å². The number of fused-ring (bicyclic) bond motifs is 2. The predicted octanol–water partition coefficient (Wildman–Crippen LogP) is 3.24. The summed E-state index contributed by atoms with van der Waals surface area (Å²) in [7, 11) is 0. The standard InChI is InChI=1S/C20H24N4O/c1-12(2)19-22-18-11-24(7-6-15(18)20(25)23-19)10-14-9-21-17-5-4-13(3)8-16(14)17/h4-5,8-9,12,21H,6-7,10-11H2,1-3H3,(H,22,23,25). The van der Waals surface area contributed by atoms with Gasteiger partial charge in [-0.25, -0.2) is 4.98 Å². The van der Waals surface area contributed by atoms with Crippen molar-refractivity contribution < 1.29 is 0 Å². The first-order chi connectivity index (χ1) is 12.0. The highest BCUT2D eigenvalue weighted by atomic mass is 16.1. The molecule has 0 aliphatic carbocycles. The van der Waals surface area contributed by atoms with Crippen LogP contribution in [0.15, 0.2) is 29.2 Å². The Balaban J connectivity index is 1.62. The predicted molar refractivity (Wildman–Crippen MR) is 99.8 cm³/mol. The maximum Gasteiger partial charge on any atom is 0.254 e. The van der Waals surface area contributed by atoms with Gasteiger partial charge in [0.15, 0.2) is 0 Å². The lowest BCUT2D eigenvalue weighted by atomic mass is 10.0. The minimum absolute atomic E-state index is 0.0380. The SMILES string of the molecule is Cc1ccc2[nH]cc(CN3CCc4c(nc(C(C)C)[nH]c4=O)C3)c2c1. The molecule has 0 amide bonds. The van der Waals surface area contributed by atoms with E-state index in [1.165, 1.54) is 22.0 Å². The van der Waals surface area contributed by atoms with Crippen LogP contribution in [0.2, 0.25) is 0 Å². The number of benzene rings is 1. The van der Waals surface area contributed by atoms with Crippen molar-refractivity contribution in [3.8, 4) is 0 Å². The molecule has 3 heterocycles. The molecule has 5 nitrogen and oxygen atoms in total. The lowest BCUT2D eigenvalue weighted by Gasteiger charge is -2.27. The first-order valence-electron chi connectivity index (χ1n) is 8.92. The van der Waals surface area contributed by atoms with Crippen molar-refractivity contribution in [3.63, 3.8) is 0 Å². The fourth-order valence-corrected chi connectivity index (χ4v) is 3.59. The van der Waals surface area contributed by atoms with Crippen LogP contribution in [0.25, 0.3) is 10.9 Å². The van der Waals surface area contributed by atoms with Crippen LogP contribution >= 0.6 is 0 Å². The number of H-pyrrole nitrogens is 2. The summed E-state index contributed by atoms with van der Waals surface area (Å²) in [5.41, 5.74) is 5.58. The number of aromatic nitrogens is 3. The number of aryl methyl sites for hydroxylation is 1. The van der Waals surface area contributed by atoms with Gasteiger partial charge in [0.25, 0.3) is 5.56 Å². The molecular weight excluding hydrogens is 312 g/mol. The van der Waals surface area contributed by atoms with Gasteiger partial charge in [0, 0.05) is 48.2 Å². The average Bonchev–Trinajstić information content (AvgIpc) is 2.96. The summed E-state index contributed by atoms with van der Waals surface area (Å²) in [5, 5.41) is 1.28. The Morgan fingerprint density at radius 1 is 1.32 bits per heavy atom. The molecule has 1 aliphatic heterocycles. The van der Waals surface area contributed by atoms with Gasteiger partial charge in [-0.05, 0) is 31.0 Å². The topological polar surface area (TPSA) is 64.8 Å². The van der Waals surface area contributed by atoms with Gasteiger partial charge in [-0.1, -0.05) is 25.5 Å². The second kappa shape index (κ2) is 6.15. The van der Waals surface area contributed by atoms with E-state index in [-0.39, 0.29) is 11.5 Å². The van der Waals surface area contributed by atoms with Crippen LogP contribution in [0.3, 0.4) is 0 Å². The van der Waals surface area contributed by atoms with Crippen LogP contribution in [0.1, 0.15) is 48.0 Å². The van der Waals surface area contributed by atoms with E-state index in [9.17, 15) is 4.79 Å². The molecule has 0 saturated carbocycles. The van der Waals surface area contributed by atoms with Crippen LogP contribution in [-0.2, 0) is 19.5 Å². The highest BCUT2D eigenvalue weighted by Crippen LogP contribution is 2.23. The molecule has 0 unspecified atom stereocenters. The Morgan fingerprint density at radius 3 is 2.96 bits per heavy atom. The third-order valence-electron chi connectivity index (χ3n) is 5.03. The maximum absolute atomic E-state index is 12.3. The molecule has 25 heavy (non-hydrogen) atoms. The highest BCUT2D eigenvalue weighted by molar-refractivity contribution is 5.83. The molecule has 2 aromatic heterocycles. The van der Waals surface area contributed by atoms with Gasteiger partial charge in [-0.15, -0.1) is 0 Å². The van der Waals surface area contributed by atoms with Gasteiger partial charge in [0.05, 0.1) is 5.69 Å². The number of nitrogens with zero attached hydrogens (tertiary/aromatic N) is 2. The first kappa shape index (κ1) is 16.1. The van der Waals surface area contributed by atoms with Gasteiger partial charge in [0.1, 0.15) is 5.82 Å². The molecule has 0 atom stereocenters. The summed E-state index contributed by atoms with van der Waals surface area (Å²) in [6, 6.07) is 6.50. The molecule has 1 aromatic carbocycles. The van der Waals surface area contributed by atoms with E-state index < -0.39 is 0 Å². The highest BCUT2D eigenvalue weighted by Gasteiger charge is 2.22. The van der Waals surface area contributed by atoms with Crippen molar-refractivity contribution in [2.75, 3.05) is 6.54 Å². The van der Waals surface area contributed by atoms with E-state index in [0.717, 1.165) is 43.1 Å². The molecule has 0 saturated heterocycles. The Labute approximate surface area is 147 Å². The van der Waals surface area contributed by atoms with Gasteiger partial charge < -0.3 is 9.97 Å². The van der Waals surface area contributed by atoms with Gasteiger partial charge in [-0.3, -0.25) is 9.69 Å².